The molecule has 0 saturated carbocycles. The van der Waals surface area contributed by atoms with Crippen LogP contribution >= 0.6 is 11.3 Å². The van der Waals surface area contributed by atoms with Crippen LogP contribution in [0.3, 0.4) is 0 Å². The zero-order valence-corrected chi connectivity index (χ0v) is 10.3. The number of nitrogens with zero attached hydrogens (tertiary/aromatic N) is 2. The predicted molar refractivity (Wildman–Crippen MR) is 67.3 cm³/mol. The van der Waals surface area contributed by atoms with Gasteiger partial charge in [-0.05, 0) is 12.1 Å². The van der Waals surface area contributed by atoms with E-state index in [1.54, 1.807) is 23.7 Å². The van der Waals surface area contributed by atoms with Crippen molar-refractivity contribution in [3.8, 4) is 11.3 Å². The molecule has 84 valence electrons. The molecule has 2 heterocycles. The fourth-order valence-electron chi connectivity index (χ4n) is 1.34. The number of hydrogen-bond acceptors (Lipinski definition) is 4. The average molecular weight is 233 g/mol. The first-order valence-corrected chi connectivity index (χ1v) is 6.22. The molecule has 4 heteroatoms. The Morgan fingerprint density at radius 2 is 2.06 bits per heavy atom. The summed E-state index contributed by atoms with van der Waals surface area (Å²) in [5.41, 5.74) is 2.16. The summed E-state index contributed by atoms with van der Waals surface area (Å²) in [4.78, 5) is 8.58. The molecule has 0 radical (unpaired) electrons. The maximum atomic E-state index is 4.58. The third-order valence-corrected chi connectivity index (χ3v) is 3.04. The molecule has 16 heavy (non-hydrogen) atoms. The Morgan fingerprint density at radius 1 is 1.31 bits per heavy atom. The number of rotatable bonds is 4. The molecule has 2 rings (SSSR count). The Labute approximate surface area is 99.6 Å². The van der Waals surface area contributed by atoms with Crippen LogP contribution in [0, 0.1) is 0 Å². The highest BCUT2D eigenvalue weighted by Crippen LogP contribution is 2.20. The van der Waals surface area contributed by atoms with Gasteiger partial charge in [0.15, 0.2) is 0 Å². The molecule has 3 nitrogen and oxygen atoms in total. The van der Waals surface area contributed by atoms with Crippen molar-refractivity contribution in [1.82, 2.24) is 15.3 Å². The van der Waals surface area contributed by atoms with Gasteiger partial charge < -0.3 is 5.32 Å². The molecule has 0 amide bonds. The molecule has 0 aliphatic heterocycles. The number of hydrogen-bond donors (Lipinski definition) is 1. The second-order valence-corrected chi connectivity index (χ2v) is 4.84. The zero-order chi connectivity index (χ0) is 11.4. The molecule has 0 bridgehead atoms. The van der Waals surface area contributed by atoms with Crippen LogP contribution in [0.5, 0.6) is 0 Å². The zero-order valence-electron chi connectivity index (χ0n) is 9.47. The molecule has 0 atom stereocenters. The molecule has 0 unspecified atom stereocenters. The van der Waals surface area contributed by atoms with Crippen LogP contribution in [0.25, 0.3) is 11.3 Å². The molecule has 1 N–H and O–H groups in total. The highest BCUT2D eigenvalue weighted by atomic mass is 32.1. The molecule has 0 saturated heterocycles. The number of pyridine rings is 1. The molecular weight excluding hydrogens is 218 g/mol. The SMILES string of the molecule is CC(C)NCc1nc(-c2ccncc2)cs1. The lowest BCUT2D eigenvalue weighted by atomic mass is 10.2. The van der Waals surface area contributed by atoms with E-state index in [9.17, 15) is 0 Å². The summed E-state index contributed by atoms with van der Waals surface area (Å²) in [6, 6.07) is 4.46. The van der Waals surface area contributed by atoms with Crippen molar-refractivity contribution in [1.29, 1.82) is 0 Å². The van der Waals surface area contributed by atoms with Gasteiger partial charge in [-0.3, -0.25) is 4.98 Å². The highest BCUT2D eigenvalue weighted by Gasteiger charge is 2.04. The lowest BCUT2D eigenvalue weighted by Crippen LogP contribution is -2.21. The predicted octanol–water partition coefficient (Wildman–Crippen LogP) is 2.70. The highest BCUT2D eigenvalue weighted by molar-refractivity contribution is 7.09. The van der Waals surface area contributed by atoms with Crippen molar-refractivity contribution in [2.24, 2.45) is 0 Å². The molecule has 2 aromatic rings. The van der Waals surface area contributed by atoms with Crippen molar-refractivity contribution in [2.75, 3.05) is 0 Å². The van der Waals surface area contributed by atoms with Gasteiger partial charge in [0.05, 0.1) is 5.69 Å². The Kier molecular flexibility index (Phi) is 3.64. The molecule has 0 aromatic carbocycles. The van der Waals surface area contributed by atoms with Gasteiger partial charge in [-0.1, -0.05) is 13.8 Å². The first-order valence-electron chi connectivity index (χ1n) is 5.34. The van der Waals surface area contributed by atoms with Gasteiger partial charge in [0.25, 0.3) is 0 Å². The van der Waals surface area contributed by atoms with Crippen LogP contribution in [0.1, 0.15) is 18.9 Å². The molecule has 0 aliphatic carbocycles. The van der Waals surface area contributed by atoms with E-state index in [0.29, 0.717) is 6.04 Å². The van der Waals surface area contributed by atoms with E-state index in [0.717, 1.165) is 22.8 Å². The lowest BCUT2D eigenvalue weighted by Gasteiger charge is -2.04. The van der Waals surface area contributed by atoms with Crippen molar-refractivity contribution in [3.63, 3.8) is 0 Å². The van der Waals surface area contributed by atoms with E-state index in [1.165, 1.54) is 0 Å². The average Bonchev–Trinajstić information content (AvgIpc) is 2.76. The van der Waals surface area contributed by atoms with Gasteiger partial charge in [0, 0.05) is 35.9 Å². The monoisotopic (exact) mass is 233 g/mol. The smallest absolute Gasteiger partial charge is 0.107 e. The maximum absolute atomic E-state index is 4.58. The van der Waals surface area contributed by atoms with E-state index in [-0.39, 0.29) is 0 Å². The van der Waals surface area contributed by atoms with Crippen LogP contribution in [-0.2, 0) is 6.54 Å². The summed E-state index contributed by atoms with van der Waals surface area (Å²) in [6.07, 6.45) is 3.58. The van der Waals surface area contributed by atoms with E-state index < -0.39 is 0 Å². The summed E-state index contributed by atoms with van der Waals surface area (Å²) in [7, 11) is 0. The van der Waals surface area contributed by atoms with Gasteiger partial charge in [0.2, 0.25) is 0 Å². The lowest BCUT2D eigenvalue weighted by molar-refractivity contribution is 0.587. The van der Waals surface area contributed by atoms with Crippen LogP contribution in [-0.4, -0.2) is 16.0 Å². The van der Waals surface area contributed by atoms with Crippen LogP contribution in [0.4, 0.5) is 0 Å². The minimum absolute atomic E-state index is 0.494. The van der Waals surface area contributed by atoms with E-state index >= 15 is 0 Å². The Hall–Kier alpha value is -1.26. The normalized spacial score (nSPS) is 10.9. The second-order valence-electron chi connectivity index (χ2n) is 3.90. The van der Waals surface area contributed by atoms with Crippen LogP contribution in [0.15, 0.2) is 29.9 Å². The van der Waals surface area contributed by atoms with Crippen LogP contribution < -0.4 is 5.32 Å². The van der Waals surface area contributed by atoms with Gasteiger partial charge in [0.1, 0.15) is 5.01 Å². The van der Waals surface area contributed by atoms with Gasteiger partial charge in [-0.15, -0.1) is 11.3 Å². The van der Waals surface area contributed by atoms with Gasteiger partial charge in [-0.25, -0.2) is 4.98 Å². The fourth-order valence-corrected chi connectivity index (χ4v) is 2.09. The van der Waals surface area contributed by atoms with Gasteiger partial charge >= 0.3 is 0 Å². The summed E-state index contributed by atoms with van der Waals surface area (Å²) >= 11 is 1.69. The summed E-state index contributed by atoms with van der Waals surface area (Å²) in [5, 5.41) is 6.58. The van der Waals surface area contributed by atoms with Crippen molar-refractivity contribution >= 4 is 11.3 Å². The third-order valence-electron chi connectivity index (χ3n) is 2.19. The first kappa shape index (κ1) is 11.2. The number of thiazole rings is 1. The van der Waals surface area contributed by atoms with Crippen LogP contribution in [0.2, 0.25) is 0 Å². The molecule has 0 fully saturated rings. The Morgan fingerprint density at radius 3 is 2.75 bits per heavy atom. The summed E-state index contributed by atoms with van der Waals surface area (Å²) < 4.78 is 0. The molecular formula is C12H15N3S. The topological polar surface area (TPSA) is 37.8 Å². The van der Waals surface area contributed by atoms with Crippen molar-refractivity contribution < 1.29 is 0 Å². The fraction of sp³-hybridized carbons (Fsp3) is 0.333. The van der Waals surface area contributed by atoms with E-state index in [1.807, 2.05) is 12.1 Å². The first-order chi connectivity index (χ1) is 7.75. The molecule has 0 spiro atoms. The number of nitrogens with one attached hydrogen (secondary N) is 1. The minimum Gasteiger partial charge on any atom is -0.308 e. The largest absolute Gasteiger partial charge is 0.308 e. The quantitative estimate of drug-likeness (QED) is 0.882. The molecule has 2 aromatic heterocycles. The van der Waals surface area contributed by atoms with Gasteiger partial charge in [-0.2, -0.15) is 0 Å². The summed E-state index contributed by atoms with van der Waals surface area (Å²) in [5.74, 6) is 0. The van der Waals surface area contributed by atoms with Crippen molar-refractivity contribution in [3.05, 3.63) is 34.9 Å². The Balaban J connectivity index is 2.08. The third kappa shape index (κ3) is 2.87. The standard InChI is InChI=1S/C12H15N3S/c1-9(2)14-7-12-15-11(8-16-12)10-3-5-13-6-4-10/h3-6,8-9,14H,7H2,1-2H3. The summed E-state index contributed by atoms with van der Waals surface area (Å²) in [6.45, 7) is 5.11. The number of aromatic nitrogens is 2. The van der Waals surface area contributed by atoms with E-state index in [2.05, 4.69) is 34.5 Å². The molecule has 0 aliphatic rings. The second kappa shape index (κ2) is 5.18. The van der Waals surface area contributed by atoms with Crippen molar-refractivity contribution in [2.45, 2.75) is 26.4 Å². The minimum atomic E-state index is 0.494. The van der Waals surface area contributed by atoms with E-state index in [4.69, 9.17) is 0 Å². The Bertz CT molecular complexity index is 437. The maximum Gasteiger partial charge on any atom is 0.107 e.